The molecule has 0 spiro atoms. The Morgan fingerprint density at radius 2 is 2.06 bits per heavy atom. The van der Waals surface area contributed by atoms with E-state index in [0.29, 0.717) is 19.6 Å². The Morgan fingerprint density at radius 1 is 1.31 bits per heavy atom. The molecule has 0 aliphatic carbocycles. The predicted molar refractivity (Wildman–Crippen MR) is 64.4 cm³/mol. The van der Waals surface area contributed by atoms with Crippen molar-refractivity contribution in [1.29, 1.82) is 0 Å². The minimum absolute atomic E-state index is 0.263. The van der Waals surface area contributed by atoms with Crippen LogP contribution in [0.1, 0.15) is 12.0 Å². The molecule has 0 radical (unpaired) electrons. The molecule has 0 aliphatic heterocycles. The summed E-state index contributed by atoms with van der Waals surface area (Å²) in [5.74, 6) is 0.840. The van der Waals surface area contributed by atoms with E-state index in [1.54, 1.807) is 6.08 Å². The number of nitrogens with one attached hydrogen (secondary N) is 1. The fourth-order valence-corrected chi connectivity index (χ4v) is 1.28. The number of hydrogen-bond donors (Lipinski definition) is 1. The molecule has 1 N–H and O–H groups in total. The maximum absolute atomic E-state index is 11.8. The molecule has 2 nitrogen and oxygen atoms in total. The first-order valence-electron chi connectivity index (χ1n) is 5.46. The highest BCUT2D eigenvalue weighted by Crippen LogP contribution is 2.11. The average molecular weight is 223 g/mol. The van der Waals surface area contributed by atoms with Crippen LogP contribution in [0.4, 0.5) is 4.39 Å². The molecule has 0 bridgehead atoms. The van der Waals surface area contributed by atoms with E-state index in [-0.39, 0.29) is 6.67 Å². The van der Waals surface area contributed by atoms with Gasteiger partial charge in [-0.1, -0.05) is 24.8 Å². The van der Waals surface area contributed by atoms with Gasteiger partial charge < -0.3 is 10.1 Å². The third-order valence-electron chi connectivity index (χ3n) is 2.11. The van der Waals surface area contributed by atoms with Gasteiger partial charge in [0.1, 0.15) is 12.4 Å². The first-order valence-corrected chi connectivity index (χ1v) is 5.46. The Labute approximate surface area is 96.1 Å². The summed E-state index contributed by atoms with van der Waals surface area (Å²) in [7, 11) is 0. The molecule has 0 saturated heterocycles. The van der Waals surface area contributed by atoms with Crippen molar-refractivity contribution in [3.63, 3.8) is 0 Å². The lowest BCUT2D eigenvalue weighted by Gasteiger charge is -2.06. The van der Waals surface area contributed by atoms with E-state index in [4.69, 9.17) is 4.74 Å². The van der Waals surface area contributed by atoms with Crippen LogP contribution in [0.15, 0.2) is 36.9 Å². The largest absolute Gasteiger partial charge is 0.490 e. The summed E-state index contributed by atoms with van der Waals surface area (Å²) in [6.45, 7) is 5.32. The lowest BCUT2D eigenvalue weighted by molar-refractivity contribution is 0.363. The number of hydrogen-bond acceptors (Lipinski definition) is 2. The van der Waals surface area contributed by atoms with Crippen LogP contribution in [-0.4, -0.2) is 19.8 Å². The first kappa shape index (κ1) is 12.7. The minimum atomic E-state index is -0.263. The van der Waals surface area contributed by atoms with Crippen molar-refractivity contribution < 1.29 is 9.13 Å². The molecule has 88 valence electrons. The zero-order chi connectivity index (χ0) is 11.6. The van der Waals surface area contributed by atoms with Gasteiger partial charge in [-0.2, -0.15) is 0 Å². The lowest BCUT2D eigenvalue weighted by atomic mass is 10.2. The second-order valence-corrected chi connectivity index (χ2v) is 3.46. The molecule has 0 aromatic heterocycles. The van der Waals surface area contributed by atoms with E-state index in [1.165, 1.54) is 5.56 Å². The van der Waals surface area contributed by atoms with Crippen molar-refractivity contribution in [2.24, 2.45) is 0 Å². The van der Waals surface area contributed by atoms with Gasteiger partial charge in [0.15, 0.2) is 0 Å². The normalized spacial score (nSPS) is 10.1. The summed E-state index contributed by atoms with van der Waals surface area (Å²) in [5.41, 5.74) is 1.17. The molecule has 1 rings (SSSR count). The molecular formula is C13H18FNO. The fourth-order valence-electron chi connectivity index (χ4n) is 1.28. The molecule has 0 saturated carbocycles. The van der Waals surface area contributed by atoms with Crippen LogP contribution in [0, 0.1) is 0 Å². The van der Waals surface area contributed by atoms with Gasteiger partial charge in [0, 0.05) is 6.54 Å². The van der Waals surface area contributed by atoms with Crippen LogP contribution >= 0.6 is 0 Å². The Balaban J connectivity index is 2.30. The molecule has 0 unspecified atom stereocenters. The Bertz CT molecular complexity index is 297. The first-order chi connectivity index (χ1) is 7.86. The standard InChI is InChI=1S/C13H18FNO/c1-2-10-16-13-6-4-12(5-7-13)11-15-9-3-8-14/h2,4-7,15H,1,3,8-11H2. The van der Waals surface area contributed by atoms with E-state index >= 15 is 0 Å². The Kier molecular flexibility index (Phi) is 6.26. The summed E-state index contributed by atoms with van der Waals surface area (Å²) in [6.07, 6.45) is 2.28. The van der Waals surface area contributed by atoms with Gasteiger partial charge >= 0.3 is 0 Å². The van der Waals surface area contributed by atoms with Crippen molar-refractivity contribution >= 4 is 0 Å². The monoisotopic (exact) mass is 223 g/mol. The van der Waals surface area contributed by atoms with Crippen molar-refractivity contribution in [2.75, 3.05) is 19.8 Å². The molecule has 1 aromatic rings. The van der Waals surface area contributed by atoms with Crippen LogP contribution in [0.5, 0.6) is 5.75 Å². The van der Waals surface area contributed by atoms with Crippen molar-refractivity contribution in [3.8, 4) is 5.75 Å². The topological polar surface area (TPSA) is 21.3 Å². The van der Waals surface area contributed by atoms with Gasteiger partial charge in [-0.05, 0) is 30.7 Å². The summed E-state index contributed by atoms with van der Waals surface area (Å²) in [6, 6.07) is 7.85. The number of ether oxygens (including phenoxy) is 1. The third-order valence-corrected chi connectivity index (χ3v) is 2.11. The van der Waals surface area contributed by atoms with Gasteiger partial charge in [-0.3, -0.25) is 4.39 Å². The Morgan fingerprint density at radius 3 is 2.69 bits per heavy atom. The zero-order valence-electron chi connectivity index (χ0n) is 9.42. The zero-order valence-corrected chi connectivity index (χ0v) is 9.42. The molecule has 0 atom stereocenters. The Hall–Kier alpha value is -1.35. The van der Waals surface area contributed by atoms with E-state index in [9.17, 15) is 4.39 Å². The lowest BCUT2D eigenvalue weighted by Crippen LogP contribution is -2.14. The van der Waals surface area contributed by atoms with Crippen molar-refractivity contribution in [2.45, 2.75) is 13.0 Å². The highest BCUT2D eigenvalue weighted by molar-refractivity contribution is 5.27. The summed E-state index contributed by atoms with van der Waals surface area (Å²) in [4.78, 5) is 0. The predicted octanol–water partition coefficient (Wildman–Crippen LogP) is 2.70. The van der Waals surface area contributed by atoms with Gasteiger partial charge in [0.25, 0.3) is 0 Å². The van der Waals surface area contributed by atoms with Crippen LogP contribution in [0.25, 0.3) is 0 Å². The molecule has 0 amide bonds. The van der Waals surface area contributed by atoms with Crippen LogP contribution < -0.4 is 10.1 Å². The summed E-state index contributed by atoms with van der Waals surface area (Å²) in [5, 5.41) is 3.17. The highest BCUT2D eigenvalue weighted by Gasteiger charge is 1.94. The van der Waals surface area contributed by atoms with E-state index in [2.05, 4.69) is 11.9 Å². The number of halogens is 1. The second-order valence-electron chi connectivity index (χ2n) is 3.46. The van der Waals surface area contributed by atoms with Crippen LogP contribution in [-0.2, 0) is 6.54 Å². The quantitative estimate of drug-likeness (QED) is 0.540. The SMILES string of the molecule is C=CCOc1ccc(CNCCCF)cc1. The second kappa shape index (κ2) is 7.88. The fraction of sp³-hybridized carbons (Fsp3) is 0.385. The van der Waals surface area contributed by atoms with E-state index < -0.39 is 0 Å². The van der Waals surface area contributed by atoms with Gasteiger partial charge in [-0.15, -0.1) is 0 Å². The molecule has 0 fully saturated rings. The van der Waals surface area contributed by atoms with Crippen LogP contribution in [0.2, 0.25) is 0 Å². The number of alkyl halides is 1. The van der Waals surface area contributed by atoms with Crippen LogP contribution in [0.3, 0.4) is 0 Å². The molecular weight excluding hydrogens is 205 g/mol. The minimum Gasteiger partial charge on any atom is -0.490 e. The molecule has 3 heteroatoms. The molecule has 0 aliphatic rings. The van der Waals surface area contributed by atoms with E-state index in [0.717, 1.165) is 12.3 Å². The summed E-state index contributed by atoms with van der Waals surface area (Å²) < 4.78 is 17.2. The maximum Gasteiger partial charge on any atom is 0.119 e. The number of rotatable bonds is 8. The van der Waals surface area contributed by atoms with Gasteiger partial charge in [0.2, 0.25) is 0 Å². The van der Waals surface area contributed by atoms with Crippen molar-refractivity contribution in [3.05, 3.63) is 42.5 Å². The average Bonchev–Trinajstić information content (AvgIpc) is 2.33. The smallest absolute Gasteiger partial charge is 0.119 e. The molecule has 1 aromatic carbocycles. The molecule has 16 heavy (non-hydrogen) atoms. The van der Waals surface area contributed by atoms with E-state index in [1.807, 2.05) is 24.3 Å². The van der Waals surface area contributed by atoms with Gasteiger partial charge in [0.05, 0.1) is 6.67 Å². The van der Waals surface area contributed by atoms with Gasteiger partial charge in [-0.25, -0.2) is 0 Å². The molecule has 0 heterocycles. The third kappa shape index (κ3) is 4.94. The number of benzene rings is 1. The highest BCUT2D eigenvalue weighted by atomic mass is 19.1. The summed E-state index contributed by atoms with van der Waals surface area (Å²) >= 11 is 0. The maximum atomic E-state index is 11.8. The van der Waals surface area contributed by atoms with Crippen molar-refractivity contribution in [1.82, 2.24) is 5.32 Å².